The van der Waals surface area contributed by atoms with Gasteiger partial charge in [-0.15, -0.1) is 0 Å². The van der Waals surface area contributed by atoms with Crippen LogP contribution in [-0.4, -0.2) is 22.4 Å². The summed E-state index contributed by atoms with van der Waals surface area (Å²) in [6.07, 6.45) is 1.48. The molecule has 0 radical (unpaired) electrons. The molecule has 0 N–H and O–H groups in total. The van der Waals surface area contributed by atoms with Crippen molar-refractivity contribution in [1.82, 2.24) is 13.9 Å². The van der Waals surface area contributed by atoms with E-state index >= 15 is 0 Å². The zero-order chi connectivity index (χ0) is 15.2. The predicted octanol–water partition coefficient (Wildman–Crippen LogP) is 3.05. The Morgan fingerprint density at radius 3 is 2.38 bits per heavy atom. The number of halogens is 1. The van der Waals surface area contributed by atoms with E-state index in [4.69, 9.17) is 0 Å². The molecule has 0 bridgehead atoms. The van der Waals surface area contributed by atoms with E-state index in [0.29, 0.717) is 21.5 Å². The van der Waals surface area contributed by atoms with Gasteiger partial charge in [0.25, 0.3) is 10.0 Å². The molecule has 0 saturated carbocycles. The van der Waals surface area contributed by atoms with Crippen molar-refractivity contribution >= 4 is 37.1 Å². The summed E-state index contributed by atoms with van der Waals surface area (Å²) in [6.45, 7) is 3.68. The van der Waals surface area contributed by atoms with Gasteiger partial charge >= 0.3 is 0 Å². The number of aromatic nitrogens is 3. The van der Waals surface area contributed by atoms with Crippen LogP contribution in [0.25, 0.3) is 11.2 Å². The molecule has 0 aliphatic heterocycles. The molecule has 0 spiro atoms. The molecule has 3 aromatic rings. The van der Waals surface area contributed by atoms with Gasteiger partial charge in [0.05, 0.1) is 10.6 Å². The number of hydrogen-bond donors (Lipinski definition) is 0. The smallest absolute Gasteiger partial charge is 0.236 e. The molecule has 5 nitrogen and oxygen atoms in total. The zero-order valence-electron chi connectivity index (χ0n) is 11.4. The van der Waals surface area contributed by atoms with Crippen molar-refractivity contribution in [2.75, 3.05) is 0 Å². The predicted molar refractivity (Wildman–Crippen MR) is 83.7 cm³/mol. The first-order valence-electron chi connectivity index (χ1n) is 6.23. The van der Waals surface area contributed by atoms with Crippen LogP contribution in [0.1, 0.15) is 11.3 Å². The second kappa shape index (κ2) is 4.92. The third kappa shape index (κ3) is 2.36. The Kier molecular flexibility index (Phi) is 3.33. The van der Waals surface area contributed by atoms with Gasteiger partial charge in [-0.25, -0.2) is 22.4 Å². The Balaban J connectivity index is 2.24. The minimum atomic E-state index is -3.67. The highest BCUT2D eigenvalue weighted by Gasteiger charge is 2.20. The van der Waals surface area contributed by atoms with Crippen molar-refractivity contribution in [3.05, 3.63) is 52.4 Å². The minimum absolute atomic E-state index is 0.230. The molecule has 0 aliphatic rings. The van der Waals surface area contributed by atoms with E-state index in [1.165, 1.54) is 10.2 Å². The van der Waals surface area contributed by atoms with E-state index in [1.54, 1.807) is 37.3 Å². The summed E-state index contributed by atoms with van der Waals surface area (Å²) in [7, 11) is -3.67. The molecule has 108 valence electrons. The number of aryl methyl sites for hydroxylation is 2. The Bertz CT molecular complexity index is 931. The third-order valence-electron chi connectivity index (χ3n) is 3.17. The summed E-state index contributed by atoms with van der Waals surface area (Å²) in [6, 6.07) is 8.36. The largest absolute Gasteiger partial charge is 0.269 e. The summed E-state index contributed by atoms with van der Waals surface area (Å²) in [5.74, 6) is 0. The van der Waals surface area contributed by atoms with Crippen LogP contribution in [0, 0.1) is 13.8 Å². The Hall–Kier alpha value is -1.73. The van der Waals surface area contributed by atoms with Gasteiger partial charge in [-0.05, 0) is 48.0 Å². The lowest BCUT2D eigenvalue weighted by Crippen LogP contribution is -2.12. The highest BCUT2D eigenvalue weighted by Crippen LogP contribution is 2.22. The SMILES string of the molecule is Cc1ccc(S(=O)(=O)n2ccc3nc(Br)c(C)nc32)cc1. The van der Waals surface area contributed by atoms with Crippen LogP contribution in [0.4, 0.5) is 0 Å². The van der Waals surface area contributed by atoms with Crippen molar-refractivity contribution in [3.63, 3.8) is 0 Å². The monoisotopic (exact) mass is 365 g/mol. The van der Waals surface area contributed by atoms with E-state index in [1.807, 2.05) is 6.92 Å². The molecule has 0 saturated heterocycles. The lowest BCUT2D eigenvalue weighted by molar-refractivity contribution is 0.588. The first-order chi connectivity index (χ1) is 9.89. The summed E-state index contributed by atoms with van der Waals surface area (Å²) < 4.78 is 27.2. The van der Waals surface area contributed by atoms with Crippen molar-refractivity contribution in [3.8, 4) is 0 Å². The van der Waals surface area contributed by atoms with Gasteiger partial charge in [0.1, 0.15) is 10.1 Å². The van der Waals surface area contributed by atoms with Gasteiger partial charge in [-0.2, -0.15) is 0 Å². The minimum Gasteiger partial charge on any atom is -0.236 e. The van der Waals surface area contributed by atoms with Crippen molar-refractivity contribution in [2.24, 2.45) is 0 Å². The van der Waals surface area contributed by atoms with Crippen LogP contribution in [0.5, 0.6) is 0 Å². The zero-order valence-corrected chi connectivity index (χ0v) is 13.8. The van der Waals surface area contributed by atoms with Gasteiger partial charge in [-0.1, -0.05) is 17.7 Å². The van der Waals surface area contributed by atoms with Crippen molar-refractivity contribution in [2.45, 2.75) is 18.7 Å². The molecule has 0 aliphatic carbocycles. The van der Waals surface area contributed by atoms with E-state index in [9.17, 15) is 8.42 Å². The molecule has 0 fully saturated rings. The average molecular weight is 366 g/mol. The normalized spacial score (nSPS) is 12.0. The van der Waals surface area contributed by atoms with E-state index in [2.05, 4.69) is 25.9 Å². The Morgan fingerprint density at radius 1 is 1.05 bits per heavy atom. The summed E-state index contributed by atoms with van der Waals surface area (Å²) in [4.78, 5) is 8.83. The maximum atomic E-state index is 12.7. The fraction of sp³-hybridized carbons (Fsp3) is 0.143. The van der Waals surface area contributed by atoms with Gasteiger partial charge in [0.15, 0.2) is 5.65 Å². The van der Waals surface area contributed by atoms with Crippen molar-refractivity contribution in [1.29, 1.82) is 0 Å². The first-order valence-corrected chi connectivity index (χ1v) is 8.46. The van der Waals surface area contributed by atoms with Crippen LogP contribution < -0.4 is 0 Å². The van der Waals surface area contributed by atoms with Gasteiger partial charge in [-0.3, -0.25) is 0 Å². The van der Waals surface area contributed by atoms with Crippen LogP contribution in [-0.2, 0) is 10.0 Å². The third-order valence-corrected chi connectivity index (χ3v) is 5.61. The summed E-state index contributed by atoms with van der Waals surface area (Å²) >= 11 is 3.30. The molecule has 2 heterocycles. The molecule has 7 heteroatoms. The lowest BCUT2D eigenvalue weighted by Gasteiger charge is -2.07. The Morgan fingerprint density at radius 2 is 1.71 bits per heavy atom. The average Bonchev–Trinajstić information content (AvgIpc) is 2.83. The van der Waals surface area contributed by atoms with E-state index < -0.39 is 10.0 Å². The molecule has 0 unspecified atom stereocenters. The molecular formula is C14H12BrN3O2S. The van der Waals surface area contributed by atoms with Crippen LogP contribution in [0.2, 0.25) is 0 Å². The van der Waals surface area contributed by atoms with E-state index in [0.717, 1.165) is 5.56 Å². The first kappa shape index (κ1) is 14.2. The van der Waals surface area contributed by atoms with Gasteiger partial charge in [0, 0.05) is 6.20 Å². The second-order valence-corrected chi connectivity index (χ2v) is 7.30. The molecule has 0 atom stereocenters. The fourth-order valence-electron chi connectivity index (χ4n) is 2.00. The van der Waals surface area contributed by atoms with Gasteiger partial charge < -0.3 is 0 Å². The maximum Gasteiger partial charge on any atom is 0.269 e. The lowest BCUT2D eigenvalue weighted by atomic mass is 10.2. The molecule has 0 amide bonds. The van der Waals surface area contributed by atoms with Gasteiger partial charge in [0.2, 0.25) is 0 Å². The highest BCUT2D eigenvalue weighted by molar-refractivity contribution is 9.10. The number of benzene rings is 1. The molecule has 2 aromatic heterocycles. The number of hydrogen-bond acceptors (Lipinski definition) is 4. The summed E-state index contributed by atoms with van der Waals surface area (Å²) in [5.41, 5.74) is 2.51. The summed E-state index contributed by atoms with van der Waals surface area (Å²) in [5, 5.41) is 0. The van der Waals surface area contributed by atoms with Crippen molar-refractivity contribution < 1.29 is 8.42 Å². The molecule has 3 rings (SSSR count). The number of nitrogens with zero attached hydrogens (tertiary/aromatic N) is 3. The molecule has 1 aromatic carbocycles. The molecular weight excluding hydrogens is 354 g/mol. The quantitative estimate of drug-likeness (QED) is 0.699. The Labute approximate surface area is 130 Å². The second-order valence-electron chi connectivity index (χ2n) is 4.74. The fourth-order valence-corrected chi connectivity index (χ4v) is 3.57. The number of fused-ring (bicyclic) bond motifs is 1. The topological polar surface area (TPSA) is 64.8 Å². The van der Waals surface area contributed by atoms with E-state index in [-0.39, 0.29) is 4.90 Å². The van der Waals surface area contributed by atoms with Crippen LogP contribution in [0.15, 0.2) is 46.0 Å². The maximum absolute atomic E-state index is 12.7. The molecule has 21 heavy (non-hydrogen) atoms. The number of rotatable bonds is 2. The van der Waals surface area contributed by atoms with Crippen LogP contribution in [0.3, 0.4) is 0 Å². The highest BCUT2D eigenvalue weighted by atomic mass is 79.9. The van der Waals surface area contributed by atoms with Crippen LogP contribution >= 0.6 is 15.9 Å². The standard InChI is InChI=1S/C14H12BrN3O2S/c1-9-3-5-11(6-4-9)21(19,20)18-8-7-12-14(18)16-10(2)13(15)17-12/h3-8H,1-2H3.